The molecule has 0 spiro atoms. The Bertz CT molecular complexity index is 733. The maximum absolute atomic E-state index is 10.1. The van der Waals surface area contributed by atoms with Gasteiger partial charge in [0, 0.05) is 23.5 Å². The molecule has 2 N–H and O–H groups in total. The van der Waals surface area contributed by atoms with Crippen molar-refractivity contribution >= 4 is 11.2 Å². The first-order chi connectivity index (χ1) is 9.81. The molecule has 2 aromatic heterocycles. The van der Waals surface area contributed by atoms with Crippen molar-refractivity contribution in [2.45, 2.75) is 26.2 Å². The zero-order chi connectivity index (χ0) is 13.9. The number of aryl methyl sites for hydroxylation is 1. The van der Waals surface area contributed by atoms with E-state index in [1.165, 1.54) is 0 Å². The lowest BCUT2D eigenvalue weighted by molar-refractivity contribution is 0.477. The van der Waals surface area contributed by atoms with Gasteiger partial charge in [0.1, 0.15) is 11.3 Å². The van der Waals surface area contributed by atoms with E-state index in [4.69, 9.17) is 0 Å². The van der Waals surface area contributed by atoms with Crippen LogP contribution in [0.1, 0.15) is 25.3 Å². The number of H-pyrrole nitrogens is 1. The van der Waals surface area contributed by atoms with Crippen LogP contribution in [0.15, 0.2) is 36.7 Å². The molecular formula is C16H17N3O. The molecule has 3 aromatic rings. The molecule has 3 rings (SSSR count). The van der Waals surface area contributed by atoms with Crippen molar-refractivity contribution in [1.29, 1.82) is 0 Å². The summed E-state index contributed by atoms with van der Waals surface area (Å²) < 4.78 is 0. The molecule has 0 atom stereocenters. The number of nitrogens with one attached hydrogen (secondary N) is 1. The number of aromatic hydroxyl groups is 1. The van der Waals surface area contributed by atoms with Gasteiger partial charge in [-0.2, -0.15) is 0 Å². The van der Waals surface area contributed by atoms with Crippen LogP contribution in [0, 0.1) is 0 Å². The lowest BCUT2D eigenvalue weighted by Gasteiger charge is -2.06. The number of phenolic OH excluding ortho intramolecular Hbond substituents is 1. The van der Waals surface area contributed by atoms with E-state index in [1.54, 1.807) is 18.5 Å². The molecule has 4 nitrogen and oxygen atoms in total. The van der Waals surface area contributed by atoms with Crippen molar-refractivity contribution in [3.63, 3.8) is 0 Å². The van der Waals surface area contributed by atoms with Crippen molar-refractivity contribution in [1.82, 2.24) is 15.0 Å². The van der Waals surface area contributed by atoms with E-state index in [9.17, 15) is 5.11 Å². The van der Waals surface area contributed by atoms with Crippen molar-refractivity contribution in [3.05, 3.63) is 42.2 Å². The number of para-hydroxylation sites is 1. The van der Waals surface area contributed by atoms with Crippen LogP contribution in [0.5, 0.6) is 5.75 Å². The summed E-state index contributed by atoms with van der Waals surface area (Å²) >= 11 is 0. The van der Waals surface area contributed by atoms with Crippen LogP contribution in [0.4, 0.5) is 0 Å². The van der Waals surface area contributed by atoms with E-state index in [0.717, 1.165) is 47.2 Å². The van der Waals surface area contributed by atoms with Gasteiger partial charge in [-0.15, -0.1) is 0 Å². The number of benzene rings is 1. The monoisotopic (exact) mass is 267 g/mol. The number of unbranched alkanes of at least 4 members (excludes halogenated alkanes) is 1. The van der Waals surface area contributed by atoms with Crippen LogP contribution in [0.2, 0.25) is 0 Å². The molecule has 0 saturated heterocycles. The van der Waals surface area contributed by atoms with E-state index in [1.807, 2.05) is 18.2 Å². The third-order valence-electron chi connectivity index (χ3n) is 3.48. The molecule has 0 bridgehead atoms. The van der Waals surface area contributed by atoms with Crippen LogP contribution in [0.3, 0.4) is 0 Å². The van der Waals surface area contributed by atoms with Crippen LogP contribution in [-0.2, 0) is 6.42 Å². The molecule has 20 heavy (non-hydrogen) atoms. The summed E-state index contributed by atoms with van der Waals surface area (Å²) in [6, 6.07) is 7.36. The summed E-state index contributed by atoms with van der Waals surface area (Å²) in [4.78, 5) is 12.1. The number of aromatic amines is 1. The quantitative estimate of drug-likeness (QED) is 0.758. The standard InChI is InChI=1S/C16H17N3O/c1-2-3-6-12-14(11-7-4-5-8-13(11)20)19-16-15(12)17-9-10-18-16/h4-5,7-10,20H,2-3,6H2,1H3,(H,18,19). The summed E-state index contributed by atoms with van der Waals surface area (Å²) in [6.07, 6.45) is 6.52. The van der Waals surface area contributed by atoms with Crippen LogP contribution >= 0.6 is 0 Å². The van der Waals surface area contributed by atoms with Gasteiger partial charge in [0.15, 0.2) is 5.65 Å². The second kappa shape index (κ2) is 5.33. The van der Waals surface area contributed by atoms with Crippen LogP contribution in [0.25, 0.3) is 22.4 Å². The molecule has 0 unspecified atom stereocenters. The van der Waals surface area contributed by atoms with Gasteiger partial charge in [0.2, 0.25) is 0 Å². The Hall–Kier alpha value is -2.36. The number of aromatic nitrogens is 3. The second-order valence-electron chi connectivity index (χ2n) is 4.85. The average Bonchev–Trinajstić information content (AvgIpc) is 2.84. The Morgan fingerprint density at radius 3 is 2.75 bits per heavy atom. The summed E-state index contributed by atoms with van der Waals surface area (Å²) in [6.45, 7) is 2.17. The smallest absolute Gasteiger partial charge is 0.156 e. The Labute approximate surface area is 117 Å². The van der Waals surface area contributed by atoms with E-state index in [-0.39, 0.29) is 5.75 Å². The van der Waals surface area contributed by atoms with Gasteiger partial charge in [-0.1, -0.05) is 25.5 Å². The van der Waals surface area contributed by atoms with Gasteiger partial charge in [0.25, 0.3) is 0 Å². The van der Waals surface area contributed by atoms with Gasteiger partial charge < -0.3 is 10.1 Å². The lowest BCUT2D eigenvalue weighted by Crippen LogP contribution is -1.89. The number of hydrogen-bond acceptors (Lipinski definition) is 3. The molecule has 2 heterocycles. The fourth-order valence-electron chi connectivity index (χ4n) is 2.47. The van der Waals surface area contributed by atoms with Gasteiger partial charge in [-0.05, 0) is 25.0 Å². The molecule has 1 aromatic carbocycles. The summed E-state index contributed by atoms with van der Waals surface area (Å²) in [5, 5.41) is 10.1. The highest BCUT2D eigenvalue weighted by Crippen LogP contribution is 2.34. The molecule has 0 radical (unpaired) electrons. The Morgan fingerprint density at radius 1 is 1.15 bits per heavy atom. The van der Waals surface area contributed by atoms with E-state index < -0.39 is 0 Å². The van der Waals surface area contributed by atoms with Gasteiger partial charge in [0.05, 0.1) is 5.69 Å². The largest absolute Gasteiger partial charge is 0.507 e. The minimum Gasteiger partial charge on any atom is -0.507 e. The molecule has 0 aliphatic heterocycles. The minimum absolute atomic E-state index is 0.275. The highest BCUT2D eigenvalue weighted by Gasteiger charge is 2.16. The third kappa shape index (κ3) is 2.13. The zero-order valence-electron chi connectivity index (χ0n) is 11.4. The highest BCUT2D eigenvalue weighted by molar-refractivity contribution is 5.86. The predicted molar refractivity (Wildman–Crippen MR) is 79.6 cm³/mol. The van der Waals surface area contributed by atoms with Gasteiger partial charge in [-0.25, -0.2) is 4.98 Å². The molecular weight excluding hydrogens is 250 g/mol. The molecule has 0 saturated carbocycles. The third-order valence-corrected chi connectivity index (χ3v) is 3.48. The van der Waals surface area contributed by atoms with Crippen LogP contribution in [-0.4, -0.2) is 20.1 Å². The number of nitrogens with zero attached hydrogens (tertiary/aromatic N) is 2. The van der Waals surface area contributed by atoms with E-state index in [0.29, 0.717) is 0 Å². The maximum atomic E-state index is 10.1. The lowest BCUT2D eigenvalue weighted by atomic mass is 10.0. The fourth-order valence-corrected chi connectivity index (χ4v) is 2.47. The number of hydrogen-bond donors (Lipinski definition) is 2. The number of fused-ring (bicyclic) bond motifs is 1. The number of phenols is 1. The average molecular weight is 267 g/mol. The summed E-state index contributed by atoms with van der Waals surface area (Å²) in [7, 11) is 0. The SMILES string of the molecule is CCCCc1c(-c2ccccc2O)[nH]c2nccnc12. The molecule has 4 heteroatoms. The van der Waals surface area contributed by atoms with Crippen molar-refractivity contribution in [2.75, 3.05) is 0 Å². The molecule has 0 aliphatic carbocycles. The predicted octanol–water partition coefficient (Wildman–Crippen LogP) is 3.67. The molecule has 0 amide bonds. The van der Waals surface area contributed by atoms with Gasteiger partial charge >= 0.3 is 0 Å². The number of rotatable bonds is 4. The molecule has 102 valence electrons. The normalized spacial score (nSPS) is 11.1. The topological polar surface area (TPSA) is 61.8 Å². The molecule has 0 fully saturated rings. The Balaban J connectivity index is 2.21. The highest BCUT2D eigenvalue weighted by atomic mass is 16.3. The molecule has 0 aliphatic rings. The Kier molecular flexibility index (Phi) is 3.37. The van der Waals surface area contributed by atoms with Crippen molar-refractivity contribution in [3.8, 4) is 17.0 Å². The first-order valence-electron chi connectivity index (χ1n) is 6.91. The first-order valence-corrected chi connectivity index (χ1v) is 6.91. The van der Waals surface area contributed by atoms with Crippen molar-refractivity contribution in [2.24, 2.45) is 0 Å². The first kappa shape index (κ1) is 12.7. The van der Waals surface area contributed by atoms with E-state index in [2.05, 4.69) is 21.9 Å². The summed E-state index contributed by atoms with van der Waals surface area (Å²) in [5.74, 6) is 0.275. The van der Waals surface area contributed by atoms with Crippen LogP contribution < -0.4 is 0 Å². The fraction of sp³-hybridized carbons (Fsp3) is 0.250. The maximum Gasteiger partial charge on any atom is 0.156 e. The summed E-state index contributed by atoms with van der Waals surface area (Å²) in [5.41, 5.74) is 4.55. The van der Waals surface area contributed by atoms with Gasteiger partial charge in [-0.3, -0.25) is 4.98 Å². The zero-order valence-corrected chi connectivity index (χ0v) is 11.4. The van der Waals surface area contributed by atoms with E-state index >= 15 is 0 Å². The minimum atomic E-state index is 0.275. The Morgan fingerprint density at radius 2 is 1.95 bits per heavy atom. The second-order valence-corrected chi connectivity index (χ2v) is 4.85. The van der Waals surface area contributed by atoms with Crippen molar-refractivity contribution < 1.29 is 5.11 Å².